The topological polar surface area (TPSA) is 40.6 Å². The van der Waals surface area contributed by atoms with Gasteiger partial charge < -0.3 is 4.90 Å². The van der Waals surface area contributed by atoms with Crippen LogP contribution in [0.4, 0.5) is 0 Å². The van der Waals surface area contributed by atoms with Crippen molar-refractivity contribution >= 4 is 17.5 Å². The molecule has 4 rings (SSSR count). The largest absolute Gasteiger partial charge is 0.341 e. The summed E-state index contributed by atoms with van der Waals surface area (Å²) in [7, 11) is 1.87. The summed E-state index contributed by atoms with van der Waals surface area (Å²) in [6.07, 6.45) is 4.17. The number of carbonyl (C=O) groups is 2. The van der Waals surface area contributed by atoms with Crippen molar-refractivity contribution in [2.75, 3.05) is 13.6 Å². The quantitative estimate of drug-likeness (QED) is 0.801. The summed E-state index contributed by atoms with van der Waals surface area (Å²) in [5.74, 6) is 0.427. The maximum Gasteiger partial charge on any atom is 0.259 e. The number of benzene rings is 2. The van der Waals surface area contributed by atoms with E-state index < -0.39 is 0 Å². The molecule has 0 unspecified atom stereocenters. The molecule has 1 aliphatic heterocycles. The van der Waals surface area contributed by atoms with Crippen LogP contribution in [-0.2, 0) is 4.79 Å². The molecular weight excluding hydrogens is 348 g/mol. The second kappa shape index (κ2) is 7.63. The van der Waals surface area contributed by atoms with Crippen LogP contribution >= 0.6 is 0 Å². The first-order valence-corrected chi connectivity index (χ1v) is 9.97. The van der Waals surface area contributed by atoms with E-state index in [1.807, 2.05) is 36.2 Å². The lowest BCUT2D eigenvalue weighted by Gasteiger charge is -2.35. The summed E-state index contributed by atoms with van der Waals surface area (Å²) in [5, 5.41) is 0. The zero-order chi connectivity index (χ0) is 19.7. The van der Waals surface area contributed by atoms with Crippen molar-refractivity contribution in [1.82, 2.24) is 9.80 Å². The van der Waals surface area contributed by atoms with Gasteiger partial charge in [0.05, 0.1) is 0 Å². The Morgan fingerprint density at radius 2 is 1.61 bits per heavy atom. The van der Waals surface area contributed by atoms with Crippen LogP contribution in [0.15, 0.2) is 61.2 Å². The molecule has 0 atom stereocenters. The van der Waals surface area contributed by atoms with Gasteiger partial charge in [-0.15, -0.1) is 0 Å². The fourth-order valence-corrected chi connectivity index (χ4v) is 4.47. The van der Waals surface area contributed by atoms with Gasteiger partial charge in [0.25, 0.3) is 5.91 Å². The molecule has 28 heavy (non-hydrogen) atoms. The summed E-state index contributed by atoms with van der Waals surface area (Å²) >= 11 is 0. The highest BCUT2D eigenvalue weighted by Gasteiger charge is 2.34. The normalized spacial score (nSPS) is 21.5. The smallest absolute Gasteiger partial charge is 0.259 e. The molecule has 4 nitrogen and oxygen atoms in total. The molecule has 2 aromatic rings. The van der Waals surface area contributed by atoms with Gasteiger partial charge in [0.2, 0.25) is 5.91 Å². The van der Waals surface area contributed by atoms with E-state index in [1.54, 1.807) is 6.07 Å². The third-order valence-electron chi connectivity index (χ3n) is 6.24. The van der Waals surface area contributed by atoms with E-state index in [-0.39, 0.29) is 24.4 Å². The maximum absolute atomic E-state index is 12.9. The number of likely N-dealkylation sites (N-methyl/N-ethyl adjacent to an activating group) is 1. The van der Waals surface area contributed by atoms with Gasteiger partial charge in [-0.1, -0.05) is 55.1 Å². The minimum atomic E-state index is -0.130. The highest BCUT2D eigenvalue weighted by atomic mass is 16.2. The number of fused-ring (bicyclic) bond motifs is 1. The lowest BCUT2D eigenvalue weighted by atomic mass is 9.81. The third kappa shape index (κ3) is 3.35. The third-order valence-corrected chi connectivity index (χ3v) is 6.24. The molecule has 144 valence electrons. The highest BCUT2D eigenvalue weighted by molar-refractivity contribution is 6.10. The molecule has 4 heteroatoms. The fourth-order valence-electron chi connectivity index (χ4n) is 4.47. The van der Waals surface area contributed by atoms with Gasteiger partial charge in [0, 0.05) is 29.9 Å². The predicted molar refractivity (Wildman–Crippen MR) is 111 cm³/mol. The Hall–Kier alpha value is -2.88. The summed E-state index contributed by atoms with van der Waals surface area (Å²) in [6.45, 7) is 4.09. The van der Waals surface area contributed by atoms with Crippen LogP contribution in [0.1, 0.15) is 53.1 Å². The summed E-state index contributed by atoms with van der Waals surface area (Å²) in [4.78, 5) is 28.9. The Morgan fingerprint density at radius 3 is 2.25 bits per heavy atom. The summed E-state index contributed by atoms with van der Waals surface area (Å²) < 4.78 is 0. The Morgan fingerprint density at radius 1 is 1.00 bits per heavy atom. The lowest BCUT2D eigenvalue weighted by Crippen LogP contribution is -2.44. The maximum atomic E-state index is 12.9. The number of hydrogen-bond donors (Lipinski definition) is 0. The molecule has 1 saturated carbocycles. The summed E-state index contributed by atoms with van der Waals surface area (Å²) in [5.41, 5.74) is 3.47. The zero-order valence-corrected chi connectivity index (χ0v) is 16.3. The van der Waals surface area contributed by atoms with E-state index in [4.69, 9.17) is 0 Å². The van der Waals surface area contributed by atoms with Crippen molar-refractivity contribution in [3.63, 3.8) is 0 Å². The molecule has 0 spiro atoms. The first-order chi connectivity index (χ1) is 13.6. The van der Waals surface area contributed by atoms with Gasteiger partial charge in [-0.2, -0.15) is 0 Å². The van der Waals surface area contributed by atoms with Gasteiger partial charge in [0.1, 0.15) is 6.54 Å². The van der Waals surface area contributed by atoms with Crippen LogP contribution in [0.25, 0.3) is 5.70 Å². The number of rotatable bonds is 4. The molecule has 0 aromatic heterocycles. The second-order valence-corrected chi connectivity index (χ2v) is 7.80. The monoisotopic (exact) mass is 374 g/mol. The van der Waals surface area contributed by atoms with Gasteiger partial charge in [-0.3, -0.25) is 14.5 Å². The minimum absolute atomic E-state index is 0.0227. The van der Waals surface area contributed by atoms with Gasteiger partial charge in [0.15, 0.2) is 0 Å². The zero-order valence-electron chi connectivity index (χ0n) is 16.3. The van der Waals surface area contributed by atoms with Crippen LogP contribution in [0.5, 0.6) is 0 Å². The van der Waals surface area contributed by atoms with Crippen molar-refractivity contribution in [3.8, 4) is 0 Å². The molecular formula is C24H26N2O2. The highest BCUT2D eigenvalue weighted by Crippen LogP contribution is 2.35. The fraction of sp³-hybridized carbons (Fsp3) is 0.333. The number of amides is 2. The number of carbonyl (C=O) groups excluding carboxylic acids is 2. The molecule has 0 radical (unpaired) electrons. The molecule has 1 heterocycles. The van der Waals surface area contributed by atoms with E-state index in [1.165, 1.54) is 10.5 Å². The van der Waals surface area contributed by atoms with Crippen LogP contribution in [-0.4, -0.2) is 41.2 Å². The Bertz CT molecular complexity index is 863. The minimum Gasteiger partial charge on any atom is -0.341 e. The van der Waals surface area contributed by atoms with E-state index in [9.17, 15) is 9.59 Å². The average Bonchev–Trinajstić information content (AvgIpc) is 2.99. The van der Waals surface area contributed by atoms with E-state index in [0.717, 1.165) is 31.2 Å². The lowest BCUT2D eigenvalue weighted by molar-refractivity contribution is -0.132. The molecule has 1 fully saturated rings. The van der Waals surface area contributed by atoms with Gasteiger partial charge in [-0.25, -0.2) is 0 Å². The van der Waals surface area contributed by atoms with Crippen molar-refractivity contribution in [2.24, 2.45) is 0 Å². The second-order valence-electron chi connectivity index (χ2n) is 7.80. The predicted octanol–water partition coefficient (Wildman–Crippen LogP) is 4.30. The van der Waals surface area contributed by atoms with E-state index in [2.05, 4.69) is 30.8 Å². The van der Waals surface area contributed by atoms with Crippen molar-refractivity contribution in [1.29, 1.82) is 0 Å². The first kappa shape index (κ1) is 18.5. The van der Waals surface area contributed by atoms with Crippen LogP contribution in [0.2, 0.25) is 0 Å². The molecule has 2 aromatic carbocycles. The van der Waals surface area contributed by atoms with Crippen molar-refractivity contribution < 1.29 is 9.59 Å². The average molecular weight is 374 g/mol. The number of hydrogen-bond acceptors (Lipinski definition) is 2. The first-order valence-electron chi connectivity index (χ1n) is 9.97. The van der Waals surface area contributed by atoms with Gasteiger partial charge >= 0.3 is 0 Å². The van der Waals surface area contributed by atoms with Crippen LogP contribution in [0, 0.1) is 0 Å². The Balaban J connectivity index is 1.36. The molecule has 0 N–H and O–H groups in total. The number of nitrogens with zero attached hydrogens (tertiary/aromatic N) is 2. The molecule has 2 aliphatic rings. The van der Waals surface area contributed by atoms with Gasteiger partial charge in [-0.05, 0) is 43.2 Å². The van der Waals surface area contributed by atoms with Crippen molar-refractivity contribution in [3.05, 3.63) is 77.9 Å². The standard InChI is InChI=1S/C24H26N2O2/c1-17-21-10-6-7-11-22(21)24(28)26(17)16-23(27)25(2)20-14-12-19(13-15-20)18-8-4-3-5-9-18/h3-11,19-20H,1,12-16H2,2H3. The molecule has 1 aliphatic carbocycles. The van der Waals surface area contributed by atoms with E-state index >= 15 is 0 Å². The molecule has 2 amide bonds. The SMILES string of the molecule is C=C1c2ccccc2C(=O)N1CC(=O)N(C)C1CCC(c2ccccc2)CC1. The van der Waals surface area contributed by atoms with Crippen LogP contribution in [0.3, 0.4) is 0 Å². The van der Waals surface area contributed by atoms with Crippen LogP contribution < -0.4 is 0 Å². The Labute approximate surface area is 166 Å². The Kier molecular flexibility index (Phi) is 5.03. The van der Waals surface area contributed by atoms with E-state index in [0.29, 0.717) is 17.2 Å². The van der Waals surface area contributed by atoms with Crippen molar-refractivity contribution in [2.45, 2.75) is 37.6 Å². The summed E-state index contributed by atoms with van der Waals surface area (Å²) in [6, 6.07) is 18.3. The molecule has 0 bridgehead atoms. The molecule has 0 saturated heterocycles.